The number of carbonyl (C=O) groups excluding carboxylic acids is 1. The Morgan fingerprint density at radius 1 is 0.407 bits per heavy atom. The van der Waals surface area contributed by atoms with Crippen LogP contribution in [0.3, 0.4) is 0 Å². The molecule has 14 nitrogen and oxygen atoms in total. The summed E-state index contributed by atoms with van der Waals surface area (Å²) < 4.78 is 22.9. The van der Waals surface area contributed by atoms with E-state index in [0.29, 0.717) is 12.8 Å². The van der Waals surface area contributed by atoms with Crippen LogP contribution in [0.25, 0.3) is 0 Å². The number of carbonyl (C=O) groups is 1. The Bertz CT molecular complexity index is 1850. The molecule has 2 aliphatic heterocycles. The fourth-order valence-corrected chi connectivity index (χ4v) is 11.9. The molecule has 0 aromatic carbocycles. The molecule has 2 saturated heterocycles. The quantitative estimate of drug-likeness (QED) is 0.0204. The van der Waals surface area contributed by atoms with Crippen molar-refractivity contribution in [1.29, 1.82) is 0 Å². The maximum absolute atomic E-state index is 13.4. The predicted octanol–water partition coefficient (Wildman–Crippen LogP) is 16.0. The topological polar surface area (TPSA) is 228 Å². The summed E-state index contributed by atoms with van der Waals surface area (Å²) in [4.78, 5) is 13.4. The smallest absolute Gasteiger partial charge is 0.220 e. The van der Waals surface area contributed by atoms with E-state index in [1.165, 1.54) is 199 Å². The van der Waals surface area contributed by atoms with E-state index in [1.54, 1.807) is 6.08 Å². The lowest BCUT2D eigenvalue weighted by molar-refractivity contribution is -0.359. The zero-order valence-electron chi connectivity index (χ0n) is 57.6. The molecule has 0 radical (unpaired) electrons. The maximum Gasteiger partial charge on any atom is 0.220 e. The molecule has 91 heavy (non-hydrogen) atoms. The third-order valence-corrected chi connectivity index (χ3v) is 17.8. The van der Waals surface area contributed by atoms with E-state index in [1.807, 2.05) is 6.08 Å². The van der Waals surface area contributed by atoms with Crippen molar-refractivity contribution in [3.8, 4) is 0 Å². The van der Waals surface area contributed by atoms with Crippen LogP contribution >= 0.6 is 0 Å². The Kier molecular flexibility index (Phi) is 56.3. The van der Waals surface area contributed by atoms with E-state index in [0.717, 1.165) is 70.6 Å². The lowest BCUT2D eigenvalue weighted by atomic mass is 9.97. The number of allylic oxidation sites excluding steroid dienone is 13. The van der Waals surface area contributed by atoms with Gasteiger partial charge >= 0.3 is 0 Å². The van der Waals surface area contributed by atoms with Gasteiger partial charge in [-0.05, 0) is 83.5 Å². The normalized spacial score (nSPS) is 23.3. The van der Waals surface area contributed by atoms with Gasteiger partial charge in [-0.1, -0.05) is 298 Å². The average molecular weight is 1280 g/mol. The van der Waals surface area contributed by atoms with E-state index in [9.17, 15) is 45.6 Å². The van der Waals surface area contributed by atoms with Crippen molar-refractivity contribution in [3.05, 3.63) is 85.1 Å². The first-order valence-corrected chi connectivity index (χ1v) is 37.3. The molecule has 0 saturated carbocycles. The van der Waals surface area contributed by atoms with Crippen molar-refractivity contribution >= 4 is 5.91 Å². The molecule has 12 atom stereocenters. The Labute approximate surface area is 554 Å². The van der Waals surface area contributed by atoms with E-state index in [2.05, 4.69) is 92.1 Å². The number of aliphatic hydroxyl groups is 8. The molecule has 2 rings (SSSR count). The van der Waals surface area contributed by atoms with Crippen molar-refractivity contribution in [2.75, 3.05) is 19.8 Å². The highest BCUT2D eigenvalue weighted by molar-refractivity contribution is 5.76. The lowest BCUT2D eigenvalue weighted by Crippen LogP contribution is -2.65. The zero-order chi connectivity index (χ0) is 65.9. The van der Waals surface area contributed by atoms with Gasteiger partial charge in [0, 0.05) is 6.42 Å². The molecule has 9 N–H and O–H groups in total. The van der Waals surface area contributed by atoms with Crippen LogP contribution in [0.2, 0.25) is 0 Å². The van der Waals surface area contributed by atoms with E-state index < -0.39 is 86.8 Å². The van der Waals surface area contributed by atoms with Crippen molar-refractivity contribution in [1.82, 2.24) is 5.32 Å². The molecule has 0 aromatic heterocycles. The number of hydrogen-bond donors (Lipinski definition) is 9. The number of nitrogens with one attached hydrogen (secondary N) is 1. The molecule has 12 unspecified atom stereocenters. The van der Waals surface area contributed by atoms with E-state index in [4.69, 9.17) is 18.9 Å². The summed E-state index contributed by atoms with van der Waals surface area (Å²) in [7, 11) is 0. The fourth-order valence-electron chi connectivity index (χ4n) is 11.9. The summed E-state index contributed by atoms with van der Waals surface area (Å²) in [5.74, 6) is -0.252. The van der Waals surface area contributed by atoms with E-state index in [-0.39, 0.29) is 18.9 Å². The molecule has 2 heterocycles. The van der Waals surface area contributed by atoms with Gasteiger partial charge in [0.1, 0.15) is 48.8 Å². The maximum atomic E-state index is 13.4. The van der Waals surface area contributed by atoms with Gasteiger partial charge < -0.3 is 65.1 Å². The van der Waals surface area contributed by atoms with Gasteiger partial charge in [0.05, 0.1) is 32.0 Å². The van der Waals surface area contributed by atoms with Crippen LogP contribution in [-0.2, 0) is 23.7 Å². The number of rotatable bonds is 61. The molecule has 14 heteroatoms. The molecule has 0 spiro atoms. The third kappa shape index (κ3) is 44.5. The molecular formula is C77H137NO13. The number of aliphatic hydroxyl groups excluding tert-OH is 8. The minimum absolute atomic E-state index is 0.252. The van der Waals surface area contributed by atoms with Gasteiger partial charge in [0.25, 0.3) is 0 Å². The van der Waals surface area contributed by atoms with E-state index >= 15 is 0 Å². The third-order valence-electron chi connectivity index (χ3n) is 17.8. The second-order valence-electron chi connectivity index (χ2n) is 26.0. The number of ether oxygens (including phenoxy) is 4. The first-order chi connectivity index (χ1) is 44.6. The van der Waals surface area contributed by atoms with Gasteiger partial charge in [-0.2, -0.15) is 0 Å². The standard InChI is InChI=1S/C77H137NO13/c1-3-5-7-9-11-13-15-17-19-21-23-25-27-29-31-33-35-37-39-41-43-45-47-49-51-53-55-57-59-61-69(82)78-65(64-88-76-74(87)72(85)75(68(63-80)90-76)91-77-73(86)71(84)70(83)67(62-79)89-77)66(81)60-58-56-54-52-50-48-46-44-42-40-38-36-34-32-30-28-26-24-22-20-18-16-14-12-10-8-6-4-2/h5,7,11,13,17,19,23,25,42,44,50,52,58,60,65-68,70-77,79-81,83-87H,3-4,6,8-10,12,14-16,18,20-22,24,26-41,43,45-49,51,53-57,59,61-64H2,1-2H3,(H,78,82)/b7-5-,13-11-,19-17-,25-23-,44-42+,52-50+,60-58+. The minimum Gasteiger partial charge on any atom is -0.394 e. The van der Waals surface area contributed by atoms with Gasteiger partial charge in [-0.15, -0.1) is 0 Å². The van der Waals surface area contributed by atoms with Crippen molar-refractivity contribution < 1.29 is 64.6 Å². The second-order valence-corrected chi connectivity index (χ2v) is 26.0. The van der Waals surface area contributed by atoms with Gasteiger partial charge in [0.2, 0.25) is 5.91 Å². The monoisotopic (exact) mass is 1280 g/mol. The van der Waals surface area contributed by atoms with Gasteiger partial charge in [-0.3, -0.25) is 4.79 Å². The highest BCUT2D eigenvalue weighted by Gasteiger charge is 2.51. The molecule has 528 valence electrons. The number of hydrogen-bond acceptors (Lipinski definition) is 13. The zero-order valence-corrected chi connectivity index (χ0v) is 57.6. The van der Waals surface area contributed by atoms with Crippen LogP contribution in [0.1, 0.15) is 303 Å². The molecule has 0 bridgehead atoms. The molecule has 2 fully saturated rings. The first-order valence-electron chi connectivity index (χ1n) is 37.3. The Morgan fingerprint density at radius 2 is 0.769 bits per heavy atom. The van der Waals surface area contributed by atoms with Gasteiger partial charge in [-0.25, -0.2) is 0 Å². The minimum atomic E-state index is -1.80. The van der Waals surface area contributed by atoms with Crippen LogP contribution in [0, 0.1) is 0 Å². The summed E-state index contributed by atoms with van der Waals surface area (Å²) in [6, 6.07) is -0.943. The number of unbranched alkanes of at least 4 members (excludes halogenated alkanes) is 36. The lowest BCUT2D eigenvalue weighted by Gasteiger charge is -2.46. The first kappa shape index (κ1) is 84.3. The Hall–Kier alpha value is -2.83. The molecular weight excluding hydrogens is 1150 g/mol. The van der Waals surface area contributed by atoms with Crippen LogP contribution in [0.4, 0.5) is 0 Å². The largest absolute Gasteiger partial charge is 0.394 e. The SMILES string of the molecule is CC/C=C\C/C=C\C/C=C\C/C=C\CCCCCCCCCCCCCCCCCCC(=O)NC(COC1OC(CO)C(OC2OC(CO)C(O)C(O)C2O)C(O)C1O)C(O)/C=C/CC/C=C/CC/C=C/CCCCCCCCCCCCCCCCCCCC. The van der Waals surface area contributed by atoms with Crippen LogP contribution in [0.5, 0.6) is 0 Å². The van der Waals surface area contributed by atoms with Crippen LogP contribution in [0.15, 0.2) is 85.1 Å². The summed E-state index contributed by atoms with van der Waals surface area (Å²) >= 11 is 0. The van der Waals surface area contributed by atoms with Crippen molar-refractivity contribution in [3.63, 3.8) is 0 Å². The number of amides is 1. The van der Waals surface area contributed by atoms with Gasteiger partial charge in [0.15, 0.2) is 12.6 Å². The average Bonchev–Trinajstić information content (AvgIpc) is 1.06. The highest BCUT2D eigenvalue weighted by Crippen LogP contribution is 2.30. The summed E-state index contributed by atoms with van der Waals surface area (Å²) in [5.41, 5.74) is 0. The van der Waals surface area contributed by atoms with Crippen molar-refractivity contribution in [2.45, 2.75) is 376 Å². The summed E-state index contributed by atoms with van der Waals surface area (Å²) in [5, 5.41) is 87.5. The fraction of sp³-hybridized carbons (Fsp3) is 0.805. The molecule has 0 aromatic rings. The summed E-state index contributed by atoms with van der Waals surface area (Å²) in [6.07, 6.45) is 67.9. The molecule has 0 aliphatic carbocycles. The second kappa shape index (κ2) is 60.8. The Balaban J connectivity index is 1.68. The van der Waals surface area contributed by atoms with Crippen LogP contribution in [-0.4, -0.2) is 140 Å². The van der Waals surface area contributed by atoms with Crippen molar-refractivity contribution in [2.24, 2.45) is 0 Å². The Morgan fingerprint density at radius 3 is 1.21 bits per heavy atom. The molecule has 2 aliphatic rings. The predicted molar refractivity (Wildman–Crippen MR) is 373 cm³/mol. The highest BCUT2D eigenvalue weighted by atomic mass is 16.7. The summed E-state index contributed by atoms with van der Waals surface area (Å²) in [6.45, 7) is 2.70. The molecule has 1 amide bonds. The van der Waals surface area contributed by atoms with Crippen LogP contribution < -0.4 is 5.32 Å².